The summed E-state index contributed by atoms with van der Waals surface area (Å²) in [7, 11) is 1.41. The van der Waals surface area contributed by atoms with E-state index in [0.29, 0.717) is 5.75 Å². The molecule has 0 aliphatic rings. The average molecular weight is 367 g/mol. The third-order valence-electron chi connectivity index (χ3n) is 3.17. The van der Waals surface area contributed by atoms with Crippen LogP contribution in [0.15, 0.2) is 41.3 Å². The summed E-state index contributed by atoms with van der Waals surface area (Å²) in [5.74, 6) is -2.74. The Morgan fingerprint density at radius 2 is 1.92 bits per heavy atom. The number of rotatable bonds is 6. The third kappa shape index (κ3) is 4.93. The normalized spacial score (nSPS) is 10.2. The molecule has 0 fully saturated rings. The van der Waals surface area contributed by atoms with E-state index >= 15 is 0 Å². The van der Waals surface area contributed by atoms with Crippen molar-refractivity contribution in [2.45, 2.75) is 4.90 Å². The van der Waals surface area contributed by atoms with Crippen molar-refractivity contribution in [3.05, 3.63) is 53.6 Å². The molecule has 0 saturated heterocycles. The number of benzene rings is 2. The monoisotopic (exact) mass is 367 g/mol. The molecule has 2 aromatic rings. The maximum absolute atomic E-state index is 13.5. The Morgan fingerprint density at radius 3 is 2.60 bits per heavy atom. The number of hydrogen-bond donors (Lipinski definition) is 1. The molecule has 1 N–H and O–H groups in total. The molecule has 132 valence electrons. The highest BCUT2D eigenvalue weighted by molar-refractivity contribution is 7.98. The number of methoxy groups -OCH3 is 1. The predicted molar refractivity (Wildman–Crippen MR) is 90.0 cm³/mol. The maximum atomic E-state index is 13.5. The van der Waals surface area contributed by atoms with Crippen molar-refractivity contribution < 1.29 is 27.8 Å². The number of carbonyl (C=O) groups excluding carboxylic acids is 2. The first-order chi connectivity index (χ1) is 11.9. The second-order valence-electron chi connectivity index (χ2n) is 4.81. The fourth-order valence-electron chi connectivity index (χ4n) is 1.96. The van der Waals surface area contributed by atoms with E-state index < -0.39 is 30.1 Å². The summed E-state index contributed by atoms with van der Waals surface area (Å²) in [4.78, 5) is 24.7. The van der Waals surface area contributed by atoms with E-state index in [-0.39, 0.29) is 11.3 Å². The van der Waals surface area contributed by atoms with Crippen molar-refractivity contribution in [3.8, 4) is 5.75 Å². The van der Waals surface area contributed by atoms with E-state index in [9.17, 15) is 18.4 Å². The van der Waals surface area contributed by atoms with E-state index in [1.54, 1.807) is 12.1 Å². The fourth-order valence-corrected chi connectivity index (χ4v) is 2.38. The van der Waals surface area contributed by atoms with Crippen molar-refractivity contribution in [1.82, 2.24) is 0 Å². The van der Waals surface area contributed by atoms with Gasteiger partial charge in [0, 0.05) is 11.0 Å². The molecule has 0 aromatic heterocycles. The number of amides is 1. The second kappa shape index (κ2) is 8.48. The van der Waals surface area contributed by atoms with Crippen LogP contribution >= 0.6 is 11.8 Å². The third-order valence-corrected chi connectivity index (χ3v) is 3.89. The summed E-state index contributed by atoms with van der Waals surface area (Å²) in [5.41, 5.74) is -0.173. The predicted octanol–water partition coefficient (Wildman–Crippen LogP) is 3.49. The first-order valence-electron chi connectivity index (χ1n) is 7.08. The van der Waals surface area contributed by atoms with Gasteiger partial charge in [-0.25, -0.2) is 13.6 Å². The lowest BCUT2D eigenvalue weighted by Gasteiger charge is -2.10. The van der Waals surface area contributed by atoms with Gasteiger partial charge in [-0.05, 0) is 36.6 Å². The summed E-state index contributed by atoms with van der Waals surface area (Å²) >= 11 is 1.48. The van der Waals surface area contributed by atoms with E-state index in [1.165, 1.54) is 24.9 Å². The van der Waals surface area contributed by atoms with Crippen LogP contribution < -0.4 is 10.1 Å². The van der Waals surface area contributed by atoms with Gasteiger partial charge in [0.25, 0.3) is 5.91 Å². The number of hydrogen-bond acceptors (Lipinski definition) is 5. The van der Waals surface area contributed by atoms with Gasteiger partial charge < -0.3 is 14.8 Å². The molecule has 2 rings (SSSR count). The maximum Gasteiger partial charge on any atom is 0.342 e. The van der Waals surface area contributed by atoms with E-state index in [0.717, 1.165) is 23.1 Å². The first-order valence-corrected chi connectivity index (χ1v) is 8.31. The van der Waals surface area contributed by atoms with Crippen LogP contribution in [-0.4, -0.2) is 31.8 Å². The fraction of sp³-hybridized carbons (Fsp3) is 0.176. The zero-order valence-electron chi connectivity index (χ0n) is 13.5. The molecule has 5 nitrogen and oxygen atoms in total. The van der Waals surface area contributed by atoms with E-state index in [4.69, 9.17) is 9.47 Å². The highest BCUT2D eigenvalue weighted by atomic mass is 32.2. The SMILES string of the molecule is COc1cc(SC)ccc1C(=O)OCC(=O)Nc1cc(F)ccc1F. The summed E-state index contributed by atoms with van der Waals surface area (Å²) in [6.45, 7) is -0.651. The van der Waals surface area contributed by atoms with Gasteiger partial charge in [0.15, 0.2) is 6.61 Å². The van der Waals surface area contributed by atoms with Gasteiger partial charge in [-0.2, -0.15) is 0 Å². The number of halogens is 2. The molecule has 0 heterocycles. The van der Waals surface area contributed by atoms with Crippen LogP contribution in [0, 0.1) is 11.6 Å². The lowest BCUT2D eigenvalue weighted by Crippen LogP contribution is -2.21. The van der Waals surface area contributed by atoms with Crippen LogP contribution in [0.4, 0.5) is 14.5 Å². The molecule has 2 aromatic carbocycles. The van der Waals surface area contributed by atoms with Crippen LogP contribution in [-0.2, 0) is 9.53 Å². The quantitative estimate of drug-likeness (QED) is 0.625. The molecule has 0 aliphatic carbocycles. The summed E-state index contributed by atoms with van der Waals surface area (Å²) in [6, 6.07) is 7.55. The van der Waals surface area contributed by atoms with E-state index in [1.807, 2.05) is 6.26 Å². The molecule has 1 amide bonds. The topological polar surface area (TPSA) is 64.6 Å². The Labute approximate surface area is 147 Å². The number of ether oxygens (including phenoxy) is 2. The number of carbonyl (C=O) groups is 2. The van der Waals surface area contributed by atoms with E-state index in [2.05, 4.69) is 5.32 Å². The summed E-state index contributed by atoms with van der Waals surface area (Å²) in [6.07, 6.45) is 1.88. The van der Waals surface area contributed by atoms with Gasteiger partial charge in [-0.3, -0.25) is 4.79 Å². The molecule has 0 spiro atoms. The Kier molecular flexibility index (Phi) is 6.35. The molecule has 0 bridgehead atoms. The summed E-state index contributed by atoms with van der Waals surface area (Å²) < 4.78 is 36.5. The molecule has 0 aliphatic heterocycles. The van der Waals surface area contributed by atoms with Crippen LogP contribution in [0.1, 0.15) is 10.4 Å². The van der Waals surface area contributed by atoms with Crippen molar-refractivity contribution in [2.75, 3.05) is 25.3 Å². The minimum atomic E-state index is -0.796. The van der Waals surface area contributed by atoms with Crippen LogP contribution in [0.3, 0.4) is 0 Å². The van der Waals surface area contributed by atoms with Crippen LogP contribution in [0.25, 0.3) is 0 Å². The minimum absolute atomic E-state index is 0.157. The number of thioether (sulfide) groups is 1. The summed E-state index contributed by atoms with van der Waals surface area (Å²) in [5, 5.41) is 2.14. The largest absolute Gasteiger partial charge is 0.496 e. The highest BCUT2D eigenvalue weighted by Gasteiger charge is 2.16. The number of nitrogens with one attached hydrogen (secondary N) is 1. The molecule has 0 unspecified atom stereocenters. The average Bonchev–Trinajstić information content (AvgIpc) is 2.62. The van der Waals surface area contributed by atoms with Gasteiger partial charge >= 0.3 is 5.97 Å². The first kappa shape index (κ1) is 18.7. The van der Waals surface area contributed by atoms with Gasteiger partial charge in [-0.15, -0.1) is 11.8 Å². The molecule has 0 atom stereocenters. The minimum Gasteiger partial charge on any atom is -0.496 e. The Bertz CT molecular complexity index is 798. The van der Waals surface area contributed by atoms with Gasteiger partial charge in [0.2, 0.25) is 0 Å². The standard InChI is InChI=1S/C17H15F2NO4S/c1-23-15-8-11(25-2)4-5-12(15)17(22)24-9-16(21)20-14-7-10(18)3-6-13(14)19/h3-8H,9H2,1-2H3,(H,20,21). The Morgan fingerprint density at radius 1 is 1.16 bits per heavy atom. The second-order valence-corrected chi connectivity index (χ2v) is 5.69. The van der Waals surface area contributed by atoms with Crippen molar-refractivity contribution in [2.24, 2.45) is 0 Å². The van der Waals surface area contributed by atoms with Gasteiger partial charge in [0.1, 0.15) is 22.9 Å². The van der Waals surface area contributed by atoms with Gasteiger partial charge in [0.05, 0.1) is 12.8 Å². The molecule has 8 heteroatoms. The lowest BCUT2D eigenvalue weighted by atomic mass is 10.2. The molecule has 0 radical (unpaired) electrons. The number of esters is 1. The Hall–Kier alpha value is -2.61. The molecular weight excluding hydrogens is 352 g/mol. The van der Waals surface area contributed by atoms with Gasteiger partial charge in [-0.1, -0.05) is 0 Å². The van der Waals surface area contributed by atoms with Crippen molar-refractivity contribution in [3.63, 3.8) is 0 Å². The molecular formula is C17H15F2NO4S. The van der Waals surface area contributed by atoms with Crippen LogP contribution in [0.5, 0.6) is 5.75 Å². The molecule has 0 saturated carbocycles. The number of anilines is 1. The molecule has 25 heavy (non-hydrogen) atoms. The lowest BCUT2D eigenvalue weighted by molar-refractivity contribution is -0.119. The highest BCUT2D eigenvalue weighted by Crippen LogP contribution is 2.26. The Balaban J connectivity index is 2.00. The van der Waals surface area contributed by atoms with Crippen molar-refractivity contribution >= 4 is 29.3 Å². The zero-order chi connectivity index (χ0) is 18.4. The van der Waals surface area contributed by atoms with Crippen LogP contribution in [0.2, 0.25) is 0 Å². The zero-order valence-corrected chi connectivity index (χ0v) is 14.3. The van der Waals surface area contributed by atoms with Crippen molar-refractivity contribution in [1.29, 1.82) is 0 Å². The smallest absolute Gasteiger partial charge is 0.342 e.